The summed E-state index contributed by atoms with van der Waals surface area (Å²) in [7, 11) is 0. The number of anilines is 2. The number of nitrogens with one attached hydrogen (secondary N) is 1. The SMILES string of the molecule is CCc1ccccc1Nc1cccc(F)c1C#N. The number of hydrogen-bond acceptors (Lipinski definition) is 2. The molecule has 0 saturated carbocycles. The first-order chi connectivity index (χ1) is 8.76. The summed E-state index contributed by atoms with van der Waals surface area (Å²) in [5, 5.41) is 12.1. The molecular weight excluding hydrogens is 227 g/mol. The van der Waals surface area contributed by atoms with Gasteiger partial charge in [-0.25, -0.2) is 4.39 Å². The Labute approximate surface area is 106 Å². The van der Waals surface area contributed by atoms with Crippen LogP contribution in [0.3, 0.4) is 0 Å². The molecule has 2 rings (SSSR count). The molecule has 0 fully saturated rings. The maximum absolute atomic E-state index is 13.5. The molecule has 1 N–H and O–H groups in total. The summed E-state index contributed by atoms with van der Waals surface area (Å²) in [5.74, 6) is -0.503. The maximum Gasteiger partial charge on any atom is 0.143 e. The largest absolute Gasteiger partial charge is 0.354 e. The predicted molar refractivity (Wildman–Crippen MR) is 70.2 cm³/mol. The van der Waals surface area contributed by atoms with Crippen LogP contribution in [0, 0.1) is 17.1 Å². The second-order valence-corrected chi connectivity index (χ2v) is 3.91. The molecule has 0 aromatic heterocycles. The van der Waals surface area contributed by atoms with Crippen molar-refractivity contribution in [3.05, 3.63) is 59.4 Å². The number of rotatable bonds is 3. The quantitative estimate of drug-likeness (QED) is 0.880. The van der Waals surface area contributed by atoms with Crippen molar-refractivity contribution >= 4 is 11.4 Å². The van der Waals surface area contributed by atoms with Gasteiger partial charge in [0.15, 0.2) is 0 Å². The van der Waals surface area contributed by atoms with Gasteiger partial charge in [-0.05, 0) is 30.2 Å². The number of benzene rings is 2. The van der Waals surface area contributed by atoms with Gasteiger partial charge in [-0.15, -0.1) is 0 Å². The molecule has 0 aliphatic heterocycles. The summed E-state index contributed by atoms with van der Waals surface area (Å²) < 4.78 is 13.5. The molecule has 0 atom stereocenters. The lowest BCUT2D eigenvalue weighted by atomic mass is 10.1. The summed E-state index contributed by atoms with van der Waals surface area (Å²) in [4.78, 5) is 0. The lowest BCUT2D eigenvalue weighted by molar-refractivity contribution is 0.624. The number of nitriles is 1. The minimum absolute atomic E-state index is 0.0448. The van der Waals surface area contributed by atoms with Crippen LogP contribution in [-0.2, 0) is 6.42 Å². The Bertz CT molecular complexity index is 600. The van der Waals surface area contributed by atoms with Crippen LogP contribution >= 0.6 is 0 Å². The molecule has 0 unspecified atom stereocenters. The van der Waals surface area contributed by atoms with E-state index >= 15 is 0 Å². The average molecular weight is 240 g/mol. The first kappa shape index (κ1) is 12.1. The zero-order valence-electron chi connectivity index (χ0n) is 10.1. The Morgan fingerprint density at radius 1 is 1.11 bits per heavy atom. The van der Waals surface area contributed by atoms with Gasteiger partial charge in [-0.3, -0.25) is 0 Å². The fourth-order valence-corrected chi connectivity index (χ4v) is 1.84. The van der Waals surface area contributed by atoms with Gasteiger partial charge in [0.2, 0.25) is 0 Å². The molecule has 2 aromatic rings. The van der Waals surface area contributed by atoms with Crippen molar-refractivity contribution in [2.75, 3.05) is 5.32 Å². The van der Waals surface area contributed by atoms with Gasteiger partial charge in [0.1, 0.15) is 17.4 Å². The van der Waals surface area contributed by atoms with Crippen LogP contribution in [0.15, 0.2) is 42.5 Å². The Morgan fingerprint density at radius 3 is 2.56 bits per heavy atom. The van der Waals surface area contributed by atoms with Crippen molar-refractivity contribution in [2.24, 2.45) is 0 Å². The van der Waals surface area contributed by atoms with E-state index in [0.29, 0.717) is 5.69 Å². The van der Waals surface area contributed by atoms with Crippen molar-refractivity contribution < 1.29 is 4.39 Å². The summed E-state index contributed by atoms with van der Waals surface area (Å²) >= 11 is 0. The van der Waals surface area contributed by atoms with Crippen molar-refractivity contribution in [3.63, 3.8) is 0 Å². The Balaban J connectivity index is 2.41. The van der Waals surface area contributed by atoms with Gasteiger partial charge < -0.3 is 5.32 Å². The monoisotopic (exact) mass is 240 g/mol. The zero-order chi connectivity index (χ0) is 13.0. The molecule has 0 aliphatic rings. The Morgan fingerprint density at radius 2 is 1.83 bits per heavy atom. The van der Waals surface area contributed by atoms with Crippen LogP contribution in [0.1, 0.15) is 18.1 Å². The van der Waals surface area contributed by atoms with Crippen LogP contribution in [0.4, 0.5) is 15.8 Å². The van der Waals surface area contributed by atoms with E-state index in [0.717, 1.165) is 17.7 Å². The van der Waals surface area contributed by atoms with Gasteiger partial charge in [0.25, 0.3) is 0 Å². The average Bonchev–Trinajstić information content (AvgIpc) is 2.40. The number of para-hydroxylation sites is 1. The van der Waals surface area contributed by atoms with E-state index in [-0.39, 0.29) is 5.56 Å². The highest BCUT2D eigenvalue weighted by Crippen LogP contribution is 2.25. The molecule has 0 radical (unpaired) electrons. The first-order valence-electron chi connectivity index (χ1n) is 5.79. The van der Waals surface area contributed by atoms with Crippen LogP contribution in [0.5, 0.6) is 0 Å². The predicted octanol–water partition coefficient (Wildman–Crippen LogP) is 4.00. The third-order valence-corrected chi connectivity index (χ3v) is 2.79. The summed E-state index contributed by atoms with van der Waals surface area (Å²) in [6.45, 7) is 2.05. The second kappa shape index (κ2) is 5.33. The van der Waals surface area contributed by atoms with Gasteiger partial charge in [0.05, 0.1) is 5.69 Å². The lowest BCUT2D eigenvalue weighted by Gasteiger charge is -2.12. The van der Waals surface area contributed by atoms with Crippen molar-refractivity contribution in [1.29, 1.82) is 5.26 Å². The Hall–Kier alpha value is -2.34. The first-order valence-corrected chi connectivity index (χ1v) is 5.79. The zero-order valence-corrected chi connectivity index (χ0v) is 10.1. The summed E-state index contributed by atoms with van der Waals surface area (Å²) in [6.07, 6.45) is 0.875. The van der Waals surface area contributed by atoms with E-state index in [1.165, 1.54) is 6.07 Å². The number of aryl methyl sites for hydroxylation is 1. The van der Waals surface area contributed by atoms with Crippen LogP contribution in [-0.4, -0.2) is 0 Å². The highest BCUT2D eigenvalue weighted by atomic mass is 19.1. The molecule has 18 heavy (non-hydrogen) atoms. The normalized spacial score (nSPS) is 9.83. The fraction of sp³-hybridized carbons (Fsp3) is 0.133. The minimum Gasteiger partial charge on any atom is -0.354 e. The minimum atomic E-state index is -0.503. The Kier molecular flexibility index (Phi) is 3.59. The highest BCUT2D eigenvalue weighted by molar-refractivity contribution is 5.68. The molecule has 3 heteroatoms. The highest BCUT2D eigenvalue weighted by Gasteiger charge is 2.08. The van der Waals surface area contributed by atoms with E-state index in [2.05, 4.69) is 12.2 Å². The third-order valence-electron chi connectivity index (χ3n) is 2.79. The van der Waals surface area contributed by atoms with Crippen molar-refractivity contribution in [2.45, 2.75) is 13.3 Å². The molecule has 0 aliphatic carbocycles. The van der Waals surface area contributed by atoms with E-state index in [4.69, 9.17) is 5.26 Å². The number of nitrogens with zero attached hydrogens (tertiary/aromatic N) is 1. The van der Waals surface area contributed by atoms with Gasteiger partial charge in [-0.2, -0.15) is 5.26 Å². The van der Waals surface area contributed by atoms with Crippen LogP contribution in [0.25, 0.3) is 0 Å². The molecule has 90 valence electrons. The molecule has 0 bridgehead atoms. The van der Waals surface area contributed by atoms with Crippen LogP contribution in [0.2, 0.25) is 0 Å². The fourth-order valence-electron chi connectivity index (χ4n) is 1.84. The van der Waals surface area contributed by atoms with E-state index < -0.39 is 5.82 Å². The molecule has 0 saturated heterocycles. The number of hydrogen-bond donors (Lipinski definition) is 1. The van der Waals surface area contributed by atoms with Gasteiger partial charge >= 0.3 is 0 Å². The number of halogens is 1. The topological polar surface area (TPSA) is 35.8 Å². The lowest BCUT2D eigenvalue weighted by Crippen LogP contribution is -1.98. The van der Waals surface area contributed by atoms with Crippen molar-refractivity contribution in [3.8, 4) is 6.07 Å². The standard InChI is InChI=1S/C15H13FN2/c1-2-11-6-3-4-8-14(11)18-15-9-5-7-13(16)12(15)10-17/h3-9,18H,2H2,1H3. The molecular formula is C15H13FN2. The summed E-state index contributed by atoms with van der Waals surface area (Å²) in [6, 6.07) is 14.3. The molecule has 2 nitrogen and oxygen atoms in total. The molecule has 0 heterocycles. The molecule has 0 spiro atoms. The third kappa shape index (κ3) is 2.33. The van der Waals surface area contributed by atoms with E-state index in [9.17, 15) is 4.39 Å². The second-order valence-electron chi connectivity index (χ2n) is 3.91. The van der Waals surface area contributed by atoms with E-state index in [1.807, 2.05) is 30.3 Å². The van der Waals surface area contributed by atoms with Crippen molar-refractivity contribution in [1.82, 2.24) is 0 Å². The smallest absolute Gasteiger partial charge is 0.143 e. The van der Waals surface area contributed by atoms with E-state index in [1.54, 1.807) is 12.1 Å². The molecule has 2 aromatic carbocycles. The van der Waals surface area contributed by atoms with Gasteiger partial charge in [0, 0.05) is 5.69 Å². The maximum atomic E-state index is 13.5. The van der Waals surface area contributed by atoms with Crippen LogP contribution < -0.4 is 5.32 Å². The van der Waals surface area contributed by atoms with Gasteiger partial charge in [-0.1, -0.05) is 31.2 Å². The summed E-state index contributed by atoms with van der Waals surface area (Å²) in [5.41, 5.74) is 2.58. The molecule has 0 amide bonds.